The third-order valence-electron chi connectivity index (χ3n) is 5.02. The van der Waals surface area contributed by atoms with Crippen molar-refractivity contribution in [1.82, 2.24) is 0 Å². The molecule has 0 N–H and O–H groups in total. The van der Waals surface area contributed by atoms with E-state index in [0.29, 0.717) is 13.0 Å². The summed E-state index contributed by atoms with van der Waals surface area (Å²) in [7, 11) is -3.27. The predicted octanol–water partition coefficient (Wildman–Crippen LogP) is 1.90. The van der Waals surface area contributed by atoms with Crippen molar-refractivity contribution in [2.24, 2.45) is 0 Å². The Morgan fingerprint density at radius 1 is 1.07 bits per heavy atom. The van der Waals surface area contributed by atoms with E-state index in [0.717, 1.165) is 6.42 Å². The molecule has 2 rings (SSSR count). The first-order valence-electron chi connectivity index (χ1n) is 9.03. The first-order chi connectivity index (χ1) is 13.3. The molecule has 2 aliphatic heterocycles. The van der Waals surface area contributed by atoms with E-state index < -0.39 is 58.4 Å². The molecule has 6 atom stereocenters. The molecule has 0 spiro atoms. The van der Waals surface area contributed by atoms with E-state index in [9.17, 15) is 21.6 Å². The molecule has 0 bridgehead atoms. The Morgan fingerprint density at radius 2 is 1.62 bits per heavy atom. The van der Waals surface area contributed by atoms with Gasteiger partial charge in [0.15, 0.2) is 6.29 Å². The third-order valence-corrected chi connectivity index (χ3v) is 6.09. The van der Waals surface area contributed by atoms with Gasteiger partial charge in [-0.25, -0.2) is 0 Å². The van der Waals surface area contributed by atoms with Gasteiger partial charge in [0.05, 0.1) is 6.61 Å². The number of hydrogen-bond acceptors (Lipinski definition) is 9. The highest BCUT2D eigenvalue weighted by atomic mass is 32.2. The highest BCUT2D eigenvalue weighted by Crippen LogP contribution is 2.44. The number of hydrogen-bond donors (Lipinski definition) is 0. The summed E-state index contributed by atoms with van der Waals surface area (Å²) >= 11 is 0. The van der Waals surface area contributed by atoms with Crippen LogP contribution in [0.5, 0.6) is 0 Å². The van der Waals surface area contributed by atoms with Crippen LogP contribution in [0.1, 0.15) is 33.6 Å². The predicted molar refractivity (Wildman–Crippen MR) is 91.0 cm³/mol. The molecular weight excluding hydrogens is 425 g/mol. The first kappa shape index (κ1) is 24.7. The number of alkyl halides is 3. The first-order valence-corrected chi connectivity index (χ1v) is 10.4. The number of rotatable bonds is 8. The van der Waals surface area contributed by atoms with Crippen LogP contribution in [-0.4, -0.2) is 77.5 Å². The molecule has 0 aromatic carbocycles. The van der Waals surface area contributed by atoms with Gasteiger partial charge in [-0.1, -0.05) is 13.3 Å². The van der Waals surface area contributed by atoms with Crippen LogP contribution in [-0.2, 0) is 42.7 Å². The summed E-state index contributed by atoms with van der Waals surface area (Å²) in [5.74, 6) is -3.08. The zero-order valence-electron chi connectivity index (χ0n) is 16.9. The van der Waals surface area contributed by atoms with Crippen molar-refractivity contribution >= 4 is 10.1 Å². The van der Waals surface area contributed by atoms with Crippen molar-refractivity contribution in [3.05, 3.63) is 0 Å². The molecule has 13 heteroatoms. The molecule has 172 valence electrons. The fraction of sp³-hybridized carbons (Fsp3) is 1.00. The van der Waals surface area contributed by atoms with Crippen LogP contribution in [0.3, 0.4) is 0 Å². The number of methoxy groups -OCH3 is 2. The second-order valence-corrected chi connectivity index (χ2v) is 8.49. The van der Waals surface area contributed by atoms with Crippen molar-refractivity contribution in [1.29, 1.82) is 0 Å². The van der Waals surface area contributed by atoms with Crippen LogP contribution in [0, 0.1) is 0 Å². The average Bonchev–Trinajstić information content (AvgIpc) is 2.64. The van der Waals surface area contributed by atoms with Crippen molar-refractivity contribution in [3.8, 4) is 0 Å². The van der Waals surface area contributed by atoms with Gasteiger partial charge in [-0.2, -0.15) is 21.6 Å². The van der Waals surface area contributed by atoms with Crippen LogP contribution in [0.2, 0.25) is 0 Å². The lowest BCUT2D eigenvalue weighted by Crippen LogP contribution is -2.71. The van der Waals surface area contributed by atoms with Crippen molar-refractivity contribution in [3.63, 3.8) is 0 Å². The standard InChI is InChI=1S/C16H27F3O9S/c1-6-7-8-24-13-12-11(26-14(2,22-4)15(3,23-5)27-12)10(9-25-13)28-29(20,21)16(17,18)19/h10-13H,6-9H2,1-5H3/t10-,11+,12-,13+,14-,15-/m0/s1. The number of ether oxygens (including phenoxy) is 6. The van der Waals surface area contributed by atoms with Crippen LogP contribution in [0.25, 0.3) is 0 Å². The maximum atomic E-state index is 12.8. The maximum absolute atomic E-state index is 12.8. The summed E-state index contributed by atoms with van der Waals surface area (Å²) in [5.41, 5.74) is -5.60. The third kappa shape index (κ3) is 4.87. The van der Waals surface area contributed by atoms with Crippen molar-refractivity contribution < 1.29 is 54.2 Å². The highest BCUT2D eigenvalue weighted by molar-refractivity contribution is 7.87. The molecule has 0 saturated carbocycles. The number of fused-ring (bicyclic) bond motifs is 1. The summed E-state index contributed by atoms with van der Waals surface area (Å²) in [6, 6.07) is 0. The van der Waals surface area contributed by atoms with Crippen LogP contribution in [0.15, 0.2) is 0 Å². The van der Waals surface area contributed by atoms with E-state index in [1.54, 1.807) is 0 Å². The van der Waals surface area contributed by atoms with Gasteiger partial charge in [0.1, 0.15) is 18.3 Å². The molecular formula is C16H27F3O9S. The minimum absolute atomic E-state index is 0.297. The Bertz CT molecular complexity index is 659. The summed E-state index contributed by atoms with van der Waals surface area (Å²) in [5, 5.41) is 0. The second kappa shape index (κ2) is 8.91. The van der Waals surface area contributed by atoms with E-state index in [4.69, 9.17) is 28.4 Å². The molecule has 9 nitrogen and oxygen atoms in total. The Labute approximate surface area is 167 Å². The van der Waals surface area contributed by atoms with Crippen molar-refractivity contribution in [2.75, 3.05) is 27.4 Å². The van der Waals surface area contributed by atoms with Gasteiger partial charge in [-0.15, -0.1) is 0 Å². The number of unbranched alkanes of at least 4 members (excludes halogenated alkanes) is 1. The monoisotopic (exact) mass is 452 g/mol. The Morgan fingerprint density at radius 3 is 2.10 bits per heavy atom. The van der Waals surface area contributed by atoms with Crippen LogP contribution >= 0.6 is 0 Å². The van der Waals surface area contributed by atoms with Gasteiger partial charge in [-0.05, 0) is 20.3 Å². The van der Waals surface area contributed by atoms with Gasteiger partial charge in [-0.3, -0.25) is 4.18 Å². The Balaban J connectivity index is 2.33. The van der Waals surface area contributed by atoms with Crippen LogP contribution in [0.4, 0.5) is 13.2 Å². The molecule has 0 aliphatic carbocycles. The second-order valence-electron chi connectivity index (χ2n) is 6.93. The Hall–Kier alpha value is -0.540. The van der Waals surface area contributed by atoms with E-state index in [-0.39, 0.29) is 0 Å². The molecule has 0 unspecified atom stereocenters. The summed E-state index contributed by atoms with van der Waals surface area (Å²) in [6.07, 6.45) is -3.57. The van der Waals surface area contributed by atoms with E-state index in [1.165, 1.54) is 28.1 Å². The zero-order chi connectivity index (χ0) is 22.1. The van der Waals surface area contributed by atoms with Gasteiger partial charge in [0.2, 0.25) is 11.6 Å². The van der Waals surface area contributed by atoms with Gasteiger partial charge in [0, 0.05) is 20.8 Å². The van der Waals surface area contributed by atoms with E-state index in [2.05, 4.69) is 4.18 Å². The maximum Gasteiger partial charge on any atom is 0.523 e. The smallest absolute Gasteiger partial charge is 0.350 e. The SMILES string of the molecule is CCCCO[C@@H]1OC[C@H](OS(=O)(=O)C(F)(F)F)[C@H]2O[C@](C)(OC)[C@@](C)(OC)O[C@H]12. The molecule has 0 aromatic heterocycles. The molecule has 2 heterocycles. The lowest BCUT2D eigenvalue weighted by atomic mass is 9.98. The zero-order valence-corrected chi connectivity index (χ0v) is 17.7. The van der Waals surface area contributed by atoms with E-state index in [1.807, 2.05) is 6.92 Å². The minimum Gasteiger partial charge on any atom is -0.350 e. The Kier molecular flexibility index (Phi) is 7.59. The molecule has 29 heavy (non-hydrogen) atoms. The molecule has 0 radical (unpaired) electrons. The van der Waals surface area contributed by atoms with E-state index >= 15 is 0 Å². The summed E-state index contributed by atoms with van der Waals surface area (Å²) in [4.78, 5) is 0. The normalized spacial score (nSPS) is 38.6. The fourth-order valence-corrected chi connectivity index (χ4v) is 3.60. The quantitative estimate of drug-likeness (QED) is 0.311. The molecule has 2 saturated heterocycles. The lowest BCUT2D eigenvalue weighted by molar-refractivity contribution is -0.478. The summed E-state index contributed by atoms with van der Waals surface area (Å²) < 4.78 is 99.3. The lowest BCUT2D eigenvalue weighted by Gasteiger charge is -2.55. The van der Waals surface area contributed by atoms with Gasteiger partial charge < -0.3 is 28.4 Å². The summed E-state index contributed by atoms with van der Waals surface area (Å²) in [6.45, 7) is 4.68. The molecule has 2 fully saturated rings. The number of halogens is 3. The topological polar surface area (TPSA) is 98.8 Å². The van der Waals surface area contributed by atoms with Crippen molar-refractivity contribution in [2.45, 2.75) is 75.3 Å². The molecule has 0 amide bonds. The average molecular weight is 452 g/mol. The molecule has 0 aromatic rings. The minimum atomic E-state index is -5.89. The van der Waals surface area contributed by atoms with Gasteiger partial charge >= 0.3 is 15.6 Å². The highest BCUT2D eigenvalue weighted by Gasteiger charge is 2.63. The molecule has 2 aliphatic rings. The van der Waals surface area contributed by atoms with Gasteiger partial charge in [0.25, 0.3) is 0 Å². The largest absolute Gasteiger partial charge is 0.523 e. The fourth-order valence-electron chi connectivity index (χ4n) is 3.00. The van der Waals surface area contributed by atoms with Crippen LogP contribution < -0.4 is 0 Å².